The third kappa shape index (κ3) is 4.44. The van der Waals surface area contributed by atoms with Crippen LogP contribution in [0.25, 0.3) is 32.8 Å². The average molecular weight is 502 g/mol. The Morgan fingerprint density at radius 2 is 1.92 bits per heavy atom. The van der Waals surface area contributed by atoms with Gasteiger partial charge in [-0.2, -0.15) is 0 Å². The van der Waals surface area contributed by atoms with Crippen LogP contribution in [0.2, 0.25) is 0 Å². The normalized spacial score (nSPS) is 14.3. The molecule has 0 radical (unpaired) electrons. The molecule has 0 unspecified atom stereocenters. The van der Waals surface area contributed by atoms with E-state index < -0.39 is 17.7 Å². The molecule has 0 spiro atoms. The molecule has 0 fully saturated rings. The Morgan fingerprint density at radius 3 is 2.59 bits per heavy atom. The molecule has 1 aliphatic heterocycles. The molecule has 1 aromatic heterocycles. The zero-order chi connectivity index (χ0) is 26.6. The highest BCUT2D eigenvalue weighted by Crippen LogP contribution is 2.45. The van der Waals surface area contributed by atoms with Gasteiger partial charge >= 0.3 is 5.97 Å². The fraction of sp³-hybridized carbons (Fsp3) is 0.355. The maximum atomic E-state index is 15.5. The van der Waals surface area contributed by atoms with Crippen molar-refractivity contribution in [2.24, 2.45) is 0 Å². The second-order valence-electron chi connectivity index (χ2n) is 11.1. The van der Waals surface area contributed by atoms with Gasteiger partial charge in [0.2, 0.25) is 0 Å². The van der Waals surface area contributed by atoms with Gasteiger partial charge in [0, 0.05) is 29.1 Å². The molecule has 5 rings (SSSR count). The minimum absolute atomic E-state index is 0.00294. The third-order valence-electron chi connectivity index (χ3n) is 6.92. The molecule has 0 aliphatic carbocycles. The Bertz CT molecular complexity index is 1540. The molecule has 4 aromatic rings. The van der Waals surface area contributed by atoms with Crippen molar-refractivity contribution < 1.29 is 23.8 Å². The van der Waals surface area contributed by atoms with Crippen molar-refractivity contribution in [1.29, 1.82) is 0 Å². The number of carboxylic acids is 1. The van der Waals surface area contributed by atoms with Gasteiger partial charge in [-0.25, -0.2) is 9.18 Å². The smallest absolute Gasteiger partial charge is 0.337 e. The van der Waals surface area contributed by atoms with E-state index in [0.717, 1.165) is 39.6 Å². The molecule has 6 heteroatoms. The number of hydrogen-bond donors (Lipinski definition) is 1. The van der Waals surface area contributed by atoms with E-state index >= 15 is 4.39 Å². The molecule has 1 N–H and O–H groups in total. The topological polar surface area (TPSA) is 68.7 Å². The Hall–Kier alpha value is -3.51. The number of aryl methyl sites for hydroxylation is 1. The van der Waals surface area contributed by atoms with Crippen LogP contribution in [-0.4, -0.2) is 28.3 Å². The number of carboxylic acid groups (broad SMARTS) is 1. The maximum Gasteiger partial charge on any atom is 0.337 e. The first-order valence-corrected chi connectivity index (χ1v) is 12.7. The summed E-state index contributed by atoms with van der Waals surface area (Å²) in [4.78, 5) is 17.4. The van der Waals surface area contributed by atoms with Crippen LogP contribution in [0.4, 0.5) is 4.39 Å². The fourth-order valence-corrected chi connectivity index (χ4v) is 5.36. The summed E-state index contributed by atoms with van der Waals surface area (Å²) in [6.45, 7) is 11.9. The minimum atomic E-state index is -1.26. The lowest BCUT2D eigenvalue weighted by Crippen LogP contribution is -2.28. The largest absolute Gasteiger partial charge is 0.493 e. The van der Waals surface area contributed by atoms with E-state index in [1.807, 2.05) is 71.9 Å². The van der Waals surface area contributed by atoms with Crippen LogP contribution in [0, 0.1) is 12.7 Å². The maximum absolute atomic E-state index is 15.5. The summed E-state index contributed by atoms with van der Waals surface area (Å²) in [6, 6.07) is 11.1. The molecule has 0 amide bonds. The molecular formula is C31H32FNO4. The van der Waals surface area contributed by atoms with Crippen LogP contribution in [-0.2, 0) is 16.0 Å². The van der Waals surface area contributed by atoms with Crippen molar-refractivity contribution in [2.75, 3.05) is 6.61 Å². The SMILES string of the molecule is Cc1cc2cc(C(C)C)c(F)cc2c(-c2ccc3c4c(ccnc24)CCO3)c1[C@H](OC(C)(C)C)C(=O)O. The molecule has 37 heavy (non-hydrogen) atoms. The number of ether oxygens (including phenoxy) is 2. The van der Waals surface area contributed by atoms with Gasteiger partial charge in [0.15, 0.2) is 6.10 Å². The van der Waals surface area contributed by atoms with Crippen molar-refractivity contribution in [3.8, 4) is 16.9 Å². The van der Waals surface area contributed by atoms with E-state index in [4.69, 9.17) is 14.5 Å². The lowest BCUT2D eigenvalue weighted by atomic mass is 9.84. The number of fused-ring (bicyclic) bond motifs is 1. The van der Waals surface area contributed by atoms with E-state index in [2.05, 4.69) is 0 Å². The van der Waals surface area contributed by atoms with Crippen LogP contribution in [0.1, 0.15) is 68.9 Å². The monoisotopic (exact) mass is 501 g/mol. The zero-order valence-electron chi connectivity index (χ0n) is 22.1. The molecule has 2 heterocycles. The molecule has 3 aromatic carbocycles. The van der Waals surface area contributed by atoms with E-state index in [1.165, 1.54) is 6.07 Å². The molecule has 192 valence electrons. The number of pyridine rings is 1. The van der Waals surface area contributed by atoms with Crippen molar-refractivity contribution in [3.05, 3.63) is 70.7 Å². The van der Waals surface area contributed by atoms with Gasteiger partial charge in [0.05, 0.1) is 17.7 Å². The first-order valence-electron chi connectivity index (χ1n) is 12.7. The molecule has 0 saturated heterocycles. The Kier molecular flexibility index (Phi) is 6.19. The summed E-state index contributed by atoms with van der Waals surface area (Å²) in [7, 11) is 0. The van der Waals surface area contributed by atoms with Crippen LogP contribution in [0.3, 0.4) is 0 Å². The number of hydrogen-bond acceptors (Lipinski definition) is 4. The number of carbonyl (C=O) groups is 1. The average Bonchev–Trinajstić information content (AvgIpc) is 2.82. The highest BCUT2D eigenvalue weighted by Gasteiger charge is 2.33. The molecular weight excluding hydrogens is 469 g/mol. The predicted octanol–water partition coefficient (Wildman–Crippen LogP) is 7.50. The van der Waals surface area contributed by atoms with Gasteiger partial charge < -0.3 is 14.6 Å². The first kappa shape index (κ1) is 25.2. The van der Waals surface area contributed by atoms with Gasteiger partial charge in [-0.1, -0.05) is 19.9 Å². The molecule has 0 saturated carbocycles. The second-order valence-corrected chi connectivity index (χ2v) is 11.1. The van der Waals surface area contributed by atoms with Gasteiger partial charge in [0.1, 0.15) is 11.6 Å². The summed E-state index contributed by atoms with van der Waals surface area (Å²) >= 11 is 0. The molecule has 1 aliphatic rings. The van der Waals surface area contributed by atoms with Crippen molar-refractivity contribution >= 4 is 27.6 Å². The summed E-state index contributed by atoms with van der Waals surface area (Å²) in [5.74, 6) is -0.665. The highest BCUT2D eigenvalue weighted by atomic mass is 19.1. The lowest BCUT2D eigenvalue weighted by Gasteiger charge is -2.29. The first-order chi connectivity index (χ1) is 17.5. The number of aromatic nitrogens is 1. The van der Waals surface area contributed by atoms with Crippen molar-refractivity contribution in [3.63, 3.8) is 0 Å². The number of nitrogens with zero attached hydrogens (tertiary/aromatic N) is 1. The van der Waals surface area contributed by atoms with Gasteiger partial charge in [-0.05, 0) is 97.0 Å². The van der Waals surface area contributed by atoms with Gasteiger partial charge in [-0.15, -0.1) is 0 Å². The fourth-order valence-electron chi connectivity index (χ4n) is 5.36. The standard InChI is InChI=1S/C31H32FNO4/c1-16(2)21-14-19-13-17(3)25(29(30(34)35)37-31(4,5)6)27(22(19)15-23(21)32)20-7-8-24-26-18(10-12-36-24)9-11-33-28(20)26/h7-9,11,13-16,29H,10,12H2,1-6H3,(H,34,35)/t29-/m0/s1. The van der Waals surface area contributed by atoms with E-state index in [9.17, 15) is 9.90 Å². The number of halogens is 1. The van der Waals surface area contributed by atoms with Crippen molar-refractivity contribution in [1.82, 2.24) is 4.98 Å². The quantitative estimate of drug-likeness (QED) is 0.307. The van der Waals surface area contributed by atoms with Crippen molar-refractivity contribution in [2.45, 2.75) is 65.6 Å². The number of benzene rings is 3. The number of aliphatic carboxylic acids is 1. The van der Waals surface area contributed by atoms with Gasteiger partial charge in [-0.3, -0.25) is 4.98 Å². The number of rotatable bonds is 5. The van der Waals surface area contributed by atoms with E-state index in [-0.39, 0.29) is 11.7 Å². The molecule has 0 bridgehead atoms. The van der Waals surface area contributed by atoms with Crippen LogP contribution < -0.4 is 4.74 Å². The summed E-state index contributed by atoms with van der Waals surface area (Å²) < 4.78 is 27.5. The predicted molar refractivity (Wildman–Crippen MR) is 144 cm³/mol. The highest BCUT2D eigenvalue weighted by molar-refractivity contribution is 6.09. The zero-order valence-corrected chi connectivity index (χ0v) is 22.1. The van der Waals surface area contributed by atoms with E-state index in [1.54, 1.807) is 6.20 Å². The summed E-state index contributed by atoms with van der Waals surface area (Å²) in [5.41, 5.74) is 4.35. The van der Waals surface area contributed by atoms with E-state index in [0.29, 0.717) is 34.2 Å². The third-order valence-corrected chi connectivity index (χ3v) is 6.92. The second kappa shape index (κ2) is 9.10. The van der Waals surface area contributed by atoms with Gasteiger partial charge in [0.25, 0.3) is 0 Å². The Labute approximate surface area is 216 Å². The minimum Gasteiger partial charge on any atom is -0.493 e. The molecule has 1 atom stereocenters. The summed E-state index contributed by atoms with van der Waals surface area (Å²) in [6.07, 6.45) is 1.27. The lowest BCUT2D eigenvalue weighted by molar-refractivity contribution is -0.160. The van der Waals surface area contributed by atoms with Crippen LogP contribution in [0.5, 0.6) is 5.75 Å². The molecule has 5 nitrogen and oxygen atoms in total. The summed E-state index contributed by atoms with van der Waals surface area (Å²) in [5, 5.41) is 12.7. The Morgan fingerprint density at radius 1 is 1.16 bits per heavy atom. The van der Waals surface area contributed by atoms with Crippen LogP contribution >= 0.6 is 0 Å². The van der Waals surface area contributed by atoms with Crippen LogP contribution in [0.15, 0.2) is 42.6 Å². The Balaban J connectivity index is 1.94.